The van der Waals surface area contributed by atoms with Gasteiger partial charge in [0.1, 0.15) is 5.54 Å². The molecule has 1 atom stereocenters. The minimum absolute atomic E-state index is 0.193. The lowest BCUT2D eigenvalue weighted by atomic mass is 9.91. The molecule has 0 aliphatic carbocycles. The van der Waals surface area contributed by atoms with Gasteiger partial charge in [-0.1, -0.05) is 42.5 Å². The van der Waals surface area contributed by atoms with Crippen molar-refractivity contribution in [2.24, 2.45) is 0 Å². The molecular weight excluding hydrogens is 436 g/mol. The molecular formula is C25H24N4O5. The summed E-state index contributed by atoms with van der Waals surface area (Å²) < 4.78 is 2.02. The number of nitro groups is 1. The van der Waals surface area contributed by atoms with Crippen LogP contribution in [0.4, 0.5) is 10.5 Å². The number of nitrogens with zero attached hydrogens (tertiary/aromatic N) is 3. The average Bonchev–Trinajstić information content (AvgIpc) is 3.22. The zero-order chi connectivity index (χ0) is 24.6. The Bertz CT molecular complexity index is 1310. The molecule has 4 rings (SSSR count). The van der Waals surface area contributed by atoms with Gasteiger partial charge < -0.3 is 9.88 Å². The number of carbonyl (C=O) groups excluding carboxylic acids is 3. The number of aryl methyl sites for hydroxylation is 1. The number of hydrogen-bond donors (Lipinski definition) is 1. The van der Waals surface area contributed by atoms with Gasteiger partial charge in [-0.05, 0) is 38.0 Å². The van der Waals surface area contributed by atoms with Crippen molar-refractivity contribution in [1.29, 1.82) is 0 Å². The molecule has 34 heavy (non-hydrogen) atoms. The zero-order valence-corrected chi connectivity index (χ0v) is 19.1. The molecule has 0 radical (unpaired) electrons. The van der Waals surface area contributed by atoms with Crippen LogP contribution in [0.1, 0.15) is 39.8 Å². The highest BCUT2D eigenvalue weighted by atomic mass is 16.6. The molecule has 0 bridgehead atoms. The summed E-state index contributed by atoms with van der Waals surface area (Å²) in [6.45, 7) is 5.38. The number of aromatic nitrogens is 1. The minimum atomic E-state index is -1.51. The van der Waals surface area contributed by atoms with E-state index in [0.717, 1.165) is 21.9 Å². The first-order valence-electron chi connectivity index (χ1n) is 10.7. The number of nitrogens with one attached hydrogen (secondary N) is 1. The Morgan fingerprint density at radius 1 is 1.06 bits per heavy atom. The predicted octanol–water partition coefficient (Wildman–Crippen LogP) is 3.71. The fraction of sp³-hybridized carbons (Fsp3) is 0.240. The number of ketones is 1. The summed E-state index contributed by atoms with van der Waals surface area (Å²) in [7, 11) is 0. The molecule has 0 saturated carbocycles. The van der Waals surface area contributed by atoms with Crippen LogP contribution in [0, 0.1) is 24.0 Å². The molecule has 2 aromatic carbocycles. The molecule has 1 unspecified atom stereocenters. The van der Waals surface area contributed by atoms with Crippen molar-refractivity contribution in [2.45, 2.75) is 32.9 Å². The number of nitro benzene ring substituents is 1. The normalized spacial score (nSPS) is 17.7. The van der Waals surface area contributed by atoms with Crippen LogP contribution in [0.25, 0.3) is 0 Å². The van der Waals surface area contributed by atoms with E-state index in [-0.39, 0.29) is 17.0 Å². The molecule has 1 fully saturated rings. The summed E-state index contributed by atoms with van der Waals surface area (Å²) in [6, 6.07) is 16.4. The van der Waals surface area contributed by atoms with Gasteiger partial charge in [0.25, 0.3) is 11.6 Å². The fourth-order valence-electron chi connectivity index (χ4n) is 4.29. The third kappa shape index (κ3) is 3.96. The molecule has 9 heteroatoms. The Kier molecular flexibility index (Phi) is 5.78. The second-order valence-electron chi connectivity index (χ2n) is 8.53. The van der Waals surface area contributed by atoms with E-state index < -0.39 is 28.9 Å². The van der Waals surface area contributed by atoms with Crippen molar-refractivity contribution in [3.05, 3.63) is 98.9 Å². The first kappa shape index (κ1) is 22.9. The Labute approximate surface area is 196 Å². The second kappa shape index (κ2) is 8.58. The van der Waals surface area contributed by atoms with Gasteiger partial charge in [-0.2, -0.15) is 0 Å². The Morgan fingerprint density at radius 2 is 1.76 bits per heavy atom. The van der Waals surface area contributed by atoms with E-state index >= 15 is 0 Å². The number of hydrogen-bond acceptors (Lipinski definition) is 5. The topological polar surface area (TPSA) is 115 Å². The van der Waals surface area contributed by atoms with E-state index in [1.807, 2.05) is 48.7 Å². The predicted molar refractivity (Wildman–Crippen MR) is 124 cm³/mol. The van der Waals surface area contributed by atoms with E-state index in [1.54, 1.807) is 6.07 Å². The van der Waals surface area contributed by atoms with Crippen molar-refractivity contribution in [3.8, 4) is 0 Å². The molecule has 1 aromatic heterocycles. The lowest BCUT2D eigenvalue weighted by Crippen LogP contribution is -2.41. The van der Waals surface area contributed by atoms with Crippen LogP contribution in [-0.4, -0.2) is 38.7 Å². The SMILES string of the molecule is Cc1cc(C(=O)CN2C(=O)NC(C)(c3cccc([N+](=O)[O-])c3)C2=O)c(C)n1Cc1ccccc1. The Morgan fingerprint density at radius 3 is 2.44 bits per heavy atom. The van der Waals surface area contributed by atoms with Gasteiger partial charge in [0.2, 0.25) is 0 Å². The molecule has 3 amide bonds. The molecule has 1 N–H and O–H groups in total. The summed E-state index contributed by atoms with van der Waals surface area (Å²) in [4.78, 5) is 50.4. The summed E-state index contributed by atoms with van der Waals surface area (Å²) >= 11 is 0. The summed E-state index contributed by atoms with van der Waals surface area (Å²) in [5.41, 5.74) is 1.75. The molecule has 9 nitrogen and oxygen atoms in total. The summed E-state index contributed by atoms with van der Waals surface area (Å²) in [5, 5.41) is 13.7. The Hall–Kier alpha value is -4.27. The fourth-order valence-corrected chi connectivity index (χ4v) is 4.29. The Balaban J connectivity index is 1.57. The average molecular weight is 460 g/mol. The number of amides is 3. The summed E-state index contributed by atoms with van der Waals surface area (Å²) in [6.07, 6.45) is 0. The van der Waals surface area contributed by atoms with Crippen molar-refractivity contribution < 1.29 is 19.3 Å². The zero-order valence-electron chi connectivity index (χ0n) is 19.1. The van der Waals surface area contributed by atoms with Crippen molar-refractivity contribution in [2.75, 3.05) is 6.54 Å². The van der Waals surface area contributed by atoms with Gasteiger partial charge >= 0.3 is 6.03 Å². The molecule has 0 spiro atoms. The first-order valence-corrected chi connectivity index (χ1v) is 10.7. The van der Waals surface area contributed by atoms with Crippen LogP contribution >= 0.6 is 0 Å². The van der Waals surface area contributed by atoms with Crippen LogP contribution in [0.2, 0.25) is 0 Å². The number of imide groups is 1. The summed E-state index contributed by atoms with van der Waals surface area (Å²) in [5.74, 6) is -0.997. The van der Waals surface area contributed by atoms with Crippen LogP contribution in [0.5, 0.6) is 0 Å². The number of carbonyl (C=O) groups is 3. The van der Waals surface area contributed by atoms with E-state index in [1.165, 1.54) is 31.2 Å². The van der Waals surface area contributed by atoms with Gasteiger partial charge in [-0.25, -0.2) is 4.79 Å². The van der Waals surface area contributed by atoms with Gasteiger partial charge in [0.05, 0.1) is 11.5 Å². The molecule has 1 aliphatic heterocycles. The maximum atomic E-state index is 13.2. The van der Waals surface area contributed by atoms with Crippen LogP contribution < -0.4 is 5.32 Å². The number of rotatable bonds is 7. The third-order valence-electron chi connectivity index (χ3n) is 6.27. The van der Waals surface area contributed by atoms with E-state index in [2.05, 4.69) is 5.32 Å². The van der Waals surface area contributed by atoms with Crippen molar-refractivity contribution >= 4 is 23.4 Å². The second-order valence-corrected chi connectivity index (χ2v) is 8.53. The monoisotopic (exact) mass is 460 g/mol. The molecule has 1 aliphatic rings. The highest BCUT2D eigenvalue weighted by Crippen LogP contribution is 2.31. The highest BCUT2D eigenvalue weighted by molar-refractivity contribution is 6.11. The number of benzene rings is 2. The number of non-ortho nitro benzene ring substituents is 1. The van der Waals surface area contributed by atoms with E-state index in [9.17, 15) is 24.5 Å². The minimum Gasteiger partial charge on any atom is -0.344 e. The first-order chi connectivity index (χ1) is 16.1. The van der Waals surface area contributed by atoms with Crippen LogP contribution in [0.3, 0.4) is 0 Å². The highest BCUT2D eigenvalue weighted by Gasteiger charge is 2.50. The lowest BCUT2D eigenvalue weighted by Gasteiger charge is -2.22. The van der Waals surface area contributed by atoms with Crippen molar-refractivity contribution in [3.63, 3.8) is 0 Å². The van der Waals surface area contributed by atoms with Gasteiger partial charge in [0.15, 0.2) is 5.78 Å². The maximum Gasteiger partial charge on any atom is 0.325 e. The van der Waals surface area contributed by atoms with Crippen molar-refractivity contribution in [1.82, 2.24) is 14.8 Å². The van der Waals surface area contributed by atoms with Crippen LogP contribution in [0.15, 0.2) is 60.7 Å². The van der Waals surface area contributed by atoms with Crippen LogP contribution in [-0.2, 0) is 16.9 Å². The lowest BCUT2D eigenvalue weighted by molar-refractivity contribution is -0.385. The van der Waals surface area contributed by atoms with Gasteiger partial charge in [-0.3, -0.25) is 24.6 Å². The van der Waals surface area contributed by atoms with Gasteiger partial charge in [-0.15, -0.1) is 0 Å². The molecule has 1 saturated heterocycles. The smallest absolute Gasteiger partial charge is 0.325 e. The molecule has 2 heterocycles. The largest absolute Gasteiger partial charge is 0.344 e. The standard InChI is InChI=1S/C25H24N4O5/c1-16-12-21(17(2)27(16)14-18-8-5-4-6-9-18)22(30)15-28-23(31)25(3,26-24(28)32)19-10-7-11-20(13-19)29(33)34/h4-13H,14-15H2,1-3H3,(H,26,32). The molecule has 174 valence electrons. The van der Waals surface area contributed by atoms with E-state index in [0.29, 0.717) is 12.1 Å². The maximum absolute atomic E-state index is 13.2. The molecule has 3 aromatic rings. The third-order valence-corrected chi connectivity index (χ3v) is 6.27. The van der Waals surface area contributed by atoms with E-state index in [4.69, 9.17) is 0 Å². The van der Waals surface area contributed by atoms with Gasteiger partial charge in [0, 0.05) is 35.6 Å². The quantitative estimate of drug-likeness (QED) is 0.250. The number of urea groups is 1. The number of Topliss-reactive ketones (excluding diaryl/α,β-unsaturated/α-hetero) is 1.